The summed E-state index contributed by atoms with van der Waals surface area (Å²) in [6.07, 6.45) is 1.07. The molecule has 0 bridgehead atoms. The van der Waals surface area contributed by atoms with Crippen molar-refractivity contribution in [2.45, 2.75) is 18.0 Å². The predicted molar refractivity (Wildman–Crippen MR) is 54.4 cm³/mol. The molecule has 0 amide bonds. The molecule has 2 fully saturated rings. The zero-order valence-electron chi connectivity index (χ0n) is 8.25. The highest BCUT2D eigenvalue weighted by Gasteiger charge is 2.41. The predicted octanol–water partition coefficient (Wildman–Crippen LogP) is 0.0235. The number of esters is 1. The second-order valence-electron chi connectivity index (χ2n) is 3.82. The summed E-state index contributed by atoms with van der Waals surface area (Å²) in [6.45, 7) is 1.15. The number of methoxy groups -OCH3 is 1. The minimum Gasteiger partial charge on any atom is -0.468 e. The molecular weight excluding hydrogens is 202 g/mol. The molecule has 2 atom stereocenters. The van der Waals surface area contributed by atoms with Gasteiger partial charge in [0.1, 0.15) is 6.04 Å². The van der Waals surface area contributed by atoms with Crippen LogP contribution >= 0.6 is 11.8 Å². The van der Waals surface area contributed by atoms with Gasteiger partial charge in [-0.25, -0.2) is 0 Å². The van der Waals surface area contributed by atoms with Crippen LogP contribution in [0.15, 0.2) is 0 Å². The van der Waals surface area contributed by atoms with E-state index in [1.807, 2.05) is 11.8 Å². The van der Waals surface area contributed by atoms with Crippen LogP contribution in [-0.4, -0.2) is 49.4 Å². The van der Waals surface area contributed by atoms with E-state index in [2.05, 4.69) is 5.32 Å². The van der Waals surface area contributed by atoms with E-state index in [4.69, 9.17) is 9.47 Å². The molecule has 2 aliphatic rings. The molecule has 4 nitrogen and oxygen atoms in total. The van der Waals surface area contributed by atoms with Crippen molar-refractivity contribution >= 4 is 17.7 Å². The van der Waals surface area contributed by atoms with Gasteiger partial charge in [-0.3, -0.25) is 10.1 Å². The number of carbonyl (C=O) groups excluding carboxylic acids is 1. The van der Waals surface area contributed by atoms with E-state index in [1.54, 1.807) is 0 Å². The third-order valence-corrected chi connectivity index (χ3v) is 3.98. The third kappa shape index (κ3) is 1.89. The Balaban J connectivity index is 1.99. The summed E-state index contributed by atoms with van der Waals surface area (Å²) < 4.78 is 10.2. The molecule has 2 rings (SSSR count). The Morgan fingerprint density at radius 2 is 2.57 bits per heavy atom. The molecule has 14 heavy (non-hydrogen) atoms. The van der Waals surface area contributed by atoms with Gasteiger partial charge in [0.15, 0.2) is 0 Å². The van der Waals surface area contributed by atoms with Crippen molar-refractivity contribution in [1.82, 2.24) is 5.32 Å². The van der Waals surface area contributed by atoms with Crippen molar-refractivity contribution in [3.05, 3.63) is 0 Å². The van der Waals surface area contributed by atoms with Crippen LogP contribution in [0.4, 0.5) is 0 Å². The monoisotopic (exact) mass is 217 g/mol. The maximum Gasteiger partial charge on any atom is 0.325 e. The number of ether oxygens (including phenoxy) is 2. The Morgan fingerprint density at radius 3 is 3.21 bits per heavy atom. The Hall–Kier alpha value is -0.260. The Kier molecular flexibility index (Phi) is 2.99. The van der Waals surface area contributed by atoms with E-state index in [0.29, 0.717) is 13.2 Å². The second kappa shape index (κ2) is 4.08. The first-order chi connectivity index (χ1) is 6.76. The highest BCUT2D eigenvalue weighted by Crippen LogP contribution is 2.30. The average Bonchev–Trinajstić information content (AvgIpc) is 2.65. The van der Waals surface area contributed by atoms with Crippen LogP contribution in [0.3, 0.4) is 0 Å². The SMILES string of the molecule is COC(=O)C1COCC2(CCSC2)N1. The summed E-state index contributed by atoms with van der Waals surface area (Å²) >= 11 is 1.91. The minimum absolute atomic E-state index is 0.0156. The van der Waals surface area contributed by atoms with Gasteiger partial charge in [-0.1, -0.05) is 0 Å². The summed E-state index contributed by atoms with van der Waals surface area (Å²) in [5.41, 5.74) is 0.0156. The molecule has 0 radical (unpaired) electrons. The zero-order valence-corrected chi connectivity index (χ0v) is 9.06. The van der Waals surface area contributed by atoms with Crippen LogP contribution in [0.25, 0.3) is 0 Å². The van der Waals surface area contributed by atoms with Gasteiger partial charge in [0.2, 0.25) is 0 Å². The third-order valence-electron chi connectivity index (χ3n) is 2.73. The van der Waals surface area contributed by atoms with Crippen LogP contribution in [0.2, 0.25) is 0 Å². The highest BCUT2D eigenvalue weighted by molar-refractivity contribution is 7.99. The van der Waals surface area contributed by atoms with E-state index >= 15 is 0 Å². The van der Waals surface area contributed by atoms with E-state index in [1.165, 1.54) is 7.11 Å². The lowest BCUT2D eigenvalue weighted by molar-refractivity contribution is -0.148. The molecule has 2 aliphatic heterocycles. The van der Waals surface area contributed by atoms with E-state index in [0.717, 1.165) is 17.9 Å². The molecule has 0 aromatic carbocycles. The van der Waals surface area contributed by atoms with Crippen LogP contribution in [0.5, 0.6) is 0 Å². The first kappa shape index (κ1) is 10.3. The van der Waals surface area contributed by atoms with Crippen molar-refractivity contribution in [1.29, 1.82) is 0 Å². The number of rotatable bonds is 1. The number of hydrogen-bond donors (Lipinski definition) is 1. The zero-order chi connectivity index (χ0) is 10.0. The first-order valence-electron chi connectivity index (χ1n) is 4.77. The fourth-order valence-corrected chi connectivity index (χ4v) is 3.31. The number of carbonyl (C=O) groups is 1. The molecule has 5 heteroatoms. The Labute approximate surface area is 87.7 Å². The van der Waals surface area contributed by atoms with Gasteiger partial charge in [0.05, 0.1) is 25.9 Å². The van der Waals surface area contributed by atoms with Gasteiger partial charge in [-0.15, -0.1) is 0 Å². The molecule has 1 N–H and O–H groups in total. The smallest absolute Gasteiger partial charge is 0.325 e. The van der Waals surface area contributed by atoms with Gasteiger partial charge in [-0.2, -0.15) is 11.8 Å². The number of thioether (sulfide) groups is 1. The maximum atomic E-state index is 11.3. The number of hydrogen-bond acceptors (Lipinski definition) is 5. The van der Waals surface area contributed by atoms with Crippen molar-refractivity contribution < 1.29 is 14.3 Å². The van der Waals surface area contributed by atoms with Gasteiger partial charge in [-0.05, 0) is 12.2 Å². The number of morpholine rings is 1. The Bertz CT molecular complexity index is 228. The molecule has 2 heterocycles. The van der Waals surface area contributed by atoms with Gasteiger partial charge in [0, 0.05) is 5.75 Å². The maximum absolute atomic E-state index is 11.3. The van der Waals surface area contributed by atoms with Crippen molar-refractivity contribution in [2.75, 3.05) is 31.8 Å². The molecule has 80 valence electrons. The lowest BCUT2D eigenvalue weighted by Gasteiger charge is -2.37. The molecule has 0 saturated carbocycles. The van der Waals surface area contributed by atoms with Crippen molar-refractivity contribution in [3.8, 4) is 0 Å². The normalized spacial score (nSPS) is 37.4. The van der Waals surface area contributed by atoms with Crippen LogP contribution in [0, 0.1) is 0 Å². The minimum atomic E-state index is -0.285. The van der Waals surface area contributed by atoms with Crippen LogP contribution < -0.4 is 5.32 Å². The lowest BCUT2D eigenvalue weighted by Crippen LogP contribution is -2.61. The van der Waals surface area contributed by atoms with E-state index in [-0.39, 0.29) is 17.6 Å². The standard InChI is InChI=1S/C9H15NO3S/c1-12-8(11)7-4-13-5-9(10-7)2-3-14-6-9/h7,10H,2-6H2,1H3. The summed E-state index contributed by atoms with van der Waals surface area (Å²) in [7, 11) is 1.41. The summed E-state index contributed by atoms with van der Waals surface area (Å²) in [5.74, 6) is 1.95. The summed E-state index contributed by atoms with van der Waals surface area (Å²) in [5, 5.41) is 3.36. The average molecular weight is 217 g/mol. The topological polar surface area (TPSA) is 47.6 Å². The van der Waals surface area contributed by atoms with Gasteiger partial charge in [0.25, 0.3) is 0 Å². The van der Waals surface area contributed by atoms with Gasteiger partial charge >= 0.3 is 5.97 Å². The number of nitrogens with one attached hydrogen (secondary N) is 1. The first-order valence-corrected chi connectivity index (χ1v) is 5.92. The fraction of sp³-hybridized carbons (Fsp3) is 0.889. The molecular formula is C9H15NO3S. The van der Waals surface area contributed by atoms with Crippen molar-refractivity contribution in [3.63, 3.8) is 0 Å². The second-order valence-corrected chi connectivity index (χ2v) is 4.92. The molecule has 2 unspecified atom stereocenters. The summed E-state index contributed by atoms with van der Waals surface area (Å²) in [6, 6.07) is -0.285. The van der Waals surface area contributed by atoms with Gasteiger partial charge < -0.3 is 9.47 Å². The summed E-state index contributed by atoms with van der Waals surface area (Å²) in [4.78, 5) is 11.3. The van der Waals surface area contributed by atoms with Crippen molar-refractivity contribution in [2.24, 2.45) is 0 Å². The fourth-order valence-electron chi connectivity index (χ4n) is 1.93. The molecule has 0 aromatic rings. The van der Waals surface area contributed by atoms with Crippen LogP contribution in [0.1, 0.15) is 6.42 Å². The molecule has 2 saturated heterocycles. The highest BCUT2D eigenvalue weighted by atomic mass is 32.2. The van der Waals surface area contributed by atoms with E-state index in [9.17, 15) is 4.79 Å². The Morgan fingerprint density at radius 1 is 1.71 bits per heavy atom. The molecule has 0 aromatic heterocycles. The quantitative estimate of drug-likeness (QED) is 0.628. The van der Waals surface area contributed by atoms with Crippen LogP contribution in [-0.2, 0) is 14.3 Å². The lowest BCUT2D eigenvalue weighted by atomic mass is 9.97. The largest absolute Gasteiger partial charge is 0.468 e. The molecule has 1 spiro atoms. The molecule has 0 aliphatic carbocycles. The van der Waals surface area contributed by atoms with E-state index < -0.39 is 0 Å².